The number of aryl methyl sites for hydroxylation is 1. The van der Waals surface area contributed by atoms with E-state index >= 15 is 0 Å². The lowest BCUT2D eigenvalue weighted by Gasteiger charge is -2.33. The van der Waals surface area contributed by atoms with Crippen LogP contribution in [0.4, 0.5) is 10.6 Å². The van der Waals surface area contributed by atoms with Crippen molar-refractivity contribution in [1.82, 2.24) is 25.1 Å². The summed E-state index contributed by atoms with van der Waals surface area (Å²) in [5.41, 5.74) is 0.523. The maximum Gasteiger partial charge on any atom is 0.408 e. The number of benzene rings is 2. The van der Waals surface area contributed by atoms with Crippen LogP contribution in [0.2, 0.25) is 0 Å². The first-order chi connectivity index (χ1) is 24.6. The number of rotatable bonds is 15. The number of hydrogen-bond acceptors (Lipinski definition) is 7. The summed E-state index contributed by atoms with van der Waals surface area (Å²) >= 11 is 0. The first-order valence-corrected chi connectivity index (χ1v) is 18.2. The van der Waals surface area contributed by atoms with Crippen molar-refractivity contribution in [3.05, 3.63) is 83.8 Å². The van der Waals surface area contributed by atoms with Crippen LogP contribution in [-0.2, 0) is 37.0 Å². The number of carbonyl (C=O) groups excluding carboxylic acids is 4. The number of anilines is 1. The van der Waals surface area contributed by atoms with E-state index in [1.54, 1.807) is 27.1 Å². The smallest absolute Gasteiger partial charge is 0.408 e. The van der Waals surface area contributed by atoms with Gasteiger partial charge in [0.2, 0.25) is 11.8 Å². The molecule has 2 heterocycles. The fourth-order valence-corrected chi connectivity index (χ4v) is 6.03. The standard InChI is InChI=1S/C40H56N6O6/c1-28-20-23-45(24-21-28)36(48)32(31-17-12-9-13-18-31)19-14-22-46-27-41-34(29(46)2)43-35(47)33(26-51-25-30-15-10-8-11-16-30)42-37(49)40(6,7)44-38(50)52-39(3,4)5/h8-13,15-18,27-28,32-33H,14,19-26H2,1-7H3,(H,42,49)(H,43,47)(H,44,50)/t32?,33-/m1/s1. The SMILES string of the molecule is Cc1c(NC(=O)[C@@H](COCc2ccccc2)NC(=O)C(C)(C)NC(=O)OC(C)(C)C)ncn1CCCC(C(=O)N1CCC(C)CC1)c1ccccc1. The van der Waals surface area contributed by atoms with E-state index in [0.29, 0.717) is 24.7 Å². The largest absolute Gasteiger partial charge is 0.444 e. The molecule has 3 N–H and O–H groups in total. The van der Waals surface area contributed by atoms with E-state index in [4.69, 9.17) is 9.47 Å². The van der Waals surface area contributed by atoms with Gasteiger partial charge in [0, 0.05) is 19.6 Å². The summed E-state index contributed by atoms with van der Waals surface area (Å²) in [5.74, 6) is -0.164. The summed E-state index contributed by atoms with van der Waals surface area (Å²) in [7, 11) is 0. The molecule has 2 atom stereocenters. The highest BCUT2D eigenvalue weighted by atomic mass is 16.6. The van der Waals surface area contributed by atoms with Gasteiger partial charge in [-0.05, 0) is 84.3 Å². The molecule has 12 nitrogen and oxygen atoms in total. The van der Waals surface area contributed by atoms with Crippen molar-refractivity contribution in [3.63, 3.8) is 0 Å². The Labute approximate surface area is 308 Å². The molecule has 0 saturated carbocycles. The predicted molar refractivity (Wildman–Crippen MR) is 200 cm³/mol. The number of aromatic nitrogens is 2. The van der Waals surface area contributed by atoms with Crippen LogP contribution < -0.4 is 16.0 Å². The molecule has 1 unspecified atom stereocenters. The molecule has 4 amide bonds. The van der Waals surface area contributed by atoms with Crippen LogP contribution in [0.3, 0.4) is 0 Å². The fourth-order valence-electron chi connectivity index (χ4n) is 6.03. The number of carbonyl (C=O) groups is 4. The molecule has 1 saturated heterocycles. The monoisotopic (exact) mass is 716 g/mol. The first kappa shape index (κ1) is 40.1. The second kappa shape index (κ2) is 18.2. The maximum atomic E-state index is 13.7. The maximum absolute atomic E-state index is 13.7. The molecular formula is C40H56N6O6. The van der Waals surface area contributed by atoms with Crippen LogP contribution in [0.25, 0.3) is 0 Å². The number of alkyl carbamates (subject to hydrolysis) is 1. The number of nitrogens with one attached hydrogen (secondary N) is 3. The number of hydrogen-bond donors (Lipinski definition) is 3. The Kier molecular flexibility index (Phi) is 14.0. The van der Waals surface area contributed by atoms with E-state index < -0.39 is 35.1 Å². The Morgan fingerprint density at radius 3 is 2.21 bits per heavy atom. The van der Waals surface area contributed by atoms with E-state index in [1.807, 2.05) is 77.1 Å². The van der Waals surface area contributed by atoms with E-state index in [2.05, 4.69) is 27.9 Å². The van der Waals surface area contributed by atoms with Crippen molar-refractivity contribution in [1.29, 1.82) is 0 Å². The average molecular weight is 717 g/mol. The highest BCUT2D eigenvalue weighted by Gasteiger charge is 2.35. The van der Waals surface area contributed by atoms with Gasteiger partial charge in [-0.25, -0.2) is 9.78 Å². The second-order valence-electron chi connectivity index (χ2n) is 15.3. The number of amides is 4. The number of likely N-dealkylation sites (tertiary alicyclic amines) is 1. The van der Waals surface area contributed by atoms with Gasteiger partial charge in [-0.1, -0.05) is 67.6 Å². The number of piperidine rings is 1. The van der Waals surface area contributed by atoms with Gasteiger partial charge in [0.15, 0.2) is 5.82 Å². The van der Waals surface area contributed by atoms with E-state index in [1.165, 1.54) is 13.8 Å². The average Bonchev–Trinajstić information content (AvgIpc) is 3.43. The van der Waals surface area contributed by atoms with Crippen molar-refractivity contribution < 1.29 is 28.7 Å². The van der Waals surface area contributed by atoms with Crippen molar-refractivity contribution in [2.45, 2.75) is 110 Å². The molecule has 52 heavy (non-hydrogen) atoms. The van der Waals surface area contributed by atoms with Crippen molar-refractivity contribution >= 4 is 29.6 Å². The Balaban J connectivity index is 1.41. The van der Waals surface area contributed by atoms with Crippen LogP contribution in [-0.4, -0.2) is 75.1 Å². The van der Waals surface area contributed by atoms with Crippen molar-refractivity contribution in [2.75, 3.05) is 25.0 Å². The quantitative estimate of drug-likeness (QED) is 0.176. The Hall–Kier alpha value is -4.71. The molecular weight excluding hydrogens is 660 g/mol. The van der Waals surface area contributed by atoms with Gasteiger partial charge in [-0.3, -0.25) is 14.4 Å². The van der Waals surface area contributed by atoms with Crippen LogP contribution in [0.15, 0.2) is 67.0 Å². The van der Waals surface area contributed by atoms with Gasteiger partial charge < -0.3 is 34.9 Å². The second-order valence-corrected chi connectivity index (χ2v) is 15.3. The third-order valence-electron chi connectivity index (χ3n) is 9.23. The van der Waals surface area contributed by atoms with Gasteiger partial charge in [0.25, 0.3) is 5.91 Å². The summed E-state index contributed by atoms with van der Waals surface area (Å²) in [4.78, 5) is 59.7. The normalized spacial score (nSPS) is 15.0. The number of nitrogens with zero attached hydrogens (tertiary/aromatic N) is 3. The first-order valence-electron chi connectivity index (χ1n) is 18.2. The van der Waals surface area contributed by atoms with Crippen LogP contribution >= 0.6 is 0 Å². The summed E-state index contributed by atoms with van der Waals surface area (Å²) in [6.45, 7) is 14.7. The zero-order chi connectivity index (χ0) is 37.9. The summed E-state index contributed by atoms with van der Waals surface area (Å²) in [5, 5.41) is 8.18. The highest BCUT2D eigenvalue weighted by Crippen LogP contribution is 2.27. The lowest BCUT2D eigenvalue weighted by molar-refractivity contribution is -0.134. The highest BCUT2D eigenvalue weighted by molar-refractivity contribution is 5.99. The molecule has 2 aromatic carbocycles. The number of imidazole rings is 1. The third kappa shape index (κ3) is 11.9. The molecule has 0 aliphatic carbocycles. The molecule has 282 valence electrons. The van der Waals surface area contributed by atoms with Crippen LogP contribution in [0.1, 0.15) is 90.0 Å². The molecule has 1 fully saturated rings. The van der Waals surface area contributed by atoms with E-state index in [-0.39, 0.29) is 25.0 Å². The molecule has 12 heteroatoms. The van der Waals surface area contributed by atoms with Gasteiger partial charge in [-0.15, -0.1) is 0 Å². The molecule has 1 aliphatic rings. The molecule has 4 rings (SSSR count). The summed E-state index contributed by atoms with van der Waals surface area (Å²) in [6, 6.07) is 18.4. The lowest BCUT2D eigenvalue weighted by Crippen LogP contribution is -2.59. The minimum Gasteiger partial charge on any atom is -0.444 e. The summed E-state index contributed by atoms with van der Waals surface area (Å²) < 4.78 is 13.2. The fraction of sp³-hybridized carbons (Fsp3) is 0.525. The third-order valence-corrected chi connectivity index (χ3v) is 9.23. The zero-order valence-corrected chi connectivity index (χ0v) is 31.7. The molecule has 0 bridgehead atoms. The van der Waals surface area contributed by atoms with E-state index in [9.17, 15) is 19.2 Å². The Morgan fingerprint density at radius 2 is 1.58 bits per heavy atom. The minimum atomic E-state index is -1.40. The predicted octanol–water partition coefficient (Wildman–Crippen LogP) is 5.96. The Bertz CT molecular complexity index is 1630. The van der Waals surface area contributed by atoms with E-state index in [0.717, 1.165) is 49.2 Å². The van der Waals surface area contributed by atoms with Gasteiger partial charge in [0.05, 0.1) is 31.2 Å². The zero-order valence-electron chi connectivity index (χ0n) is 31.7. The molecule has 1 aliphatic heterocycles. The molecule has 3 aromatic rings. The molecule has 1 aromatic heterocycles. The summed E-state index contributed by atoms with van der Waals surface area (Å²) in [6.07, 6.45) is 4.38. The van der Waals surface area contributed by atoms with Gasteiger partial charge in [0.1, 0.15) is 17.2 Å². The molecule has 0 spiro atoms. The lowest BCUT2D eigenvalue weighted by atomic mass is 9.91. The Morgan fingerprint density at radius 1 is 0.942 bits per heavy atom. The number of ether oxygens (including phenoxy) is 2. The van der Waals surface area contributed by atoms with Crippen LogP contribution in [0, 0.1) is 12.8 Å². The molecule has 0 radical (unpaired) electrons. The topological polar surface area (TPSA) is 144 Å². The van der Waals surface area contributed by atoms with Gasteiger partial charge >= 0.3 is 6.09 Å². The van der Waals surface area contributed by atoms with Crippen molar-refractivity contribution in [2.24, 2.45) is 5.92 Å². The van der Waals surface area contributed by atoms with Crippen LogP contribution in [0.5, 0.6) is 0 Å². The van der Waals surface area contributed by atoms with Gasteiger partial charge in [-0.2, -0.15) is 0 Å². The van der Waals surface area contributed by atoms with Crippen molar-refractivity contribution in [3.8, 4) is 0 Å². The minimum absolute atomic E-state index is 0.125.